The fourth-order valence-corrected chi connectivity index (χ4v) is 13.8. The van der Waals surface area contributed by atoms with Crippen LogP contribution in [0.2, 0.25) is 5.04 Å². The number of phenols is 1. The van der Waals surface area contributed by atoms with Crippen LogP contribution >= 0.6 is 0 Å². The summed E-state index contributed by atoms with van der Waals surface area (Å²) in [5, 5.41) is 12.1. The van der Waals surface area contributed by atoms with Gasteiger partial charge < -0.3 is 14.3 Å². The van der Waals surface area contributed by atoms with Crippen molar-refractivity contribution in [3.8, 4) is 5.75 Å². The maximum atomic E-state index is 14.4. The molecule has 8 heteroatoms. The van der Waals surface area contributed by atoms with E-state index in [-0.39, 0.29) is 34.6 Å². The molecule has 8 rings (SSSR count). The highest BCUT2D eigenvalue weighted by Crippen LogP contribution is 2.51. The van der Waals surface area contributed by atoms with Crippen molar-refractivity contribution in [3.63, 3.8) is 0 Å². The lowest BCUT2D eigenvalue weighted by atomic mass is 9.69. The monoisotopic (exact) mass is 760 g/mol. The lowest BCUT2D eigenvalue weighted by Gasteiger charge is -2.44. The topological polar surface area (TPSA) is 89.0 Å². The second-order valence-corrected chi connectivity index (χ2v) is 20.4. The highest BCUT2D eigenvalue weighted by molar-refractivity contribution is 6.99. The average molecular weight is 761 g/mol. The van der Waals surface area contributed by atoms with Crippen molar-refractivity contribution < 1.29 is 23.9 Å². The molecule has 4 aromatic carbocycles. The van der Waals surface area contributed by atoms with Crippen molar-refractivity contribution >= 4 is 47.8 Å². The first kappa shape index (κ1) is 37.5. The first-order chi connectivity index (χ1) is 27.2. The molecule has 1 aliphatic carbocycles. The van der Waals surface area contributed by atoms with E-state index in [1.54, 1.807) is 18.3 Å². The van der Waals surface area contributed by atoms with E-state index in [4.69, 9.17) is 14.1 Å². The Morgan fingerprint density at radius 3 is 2.05 bits per heavy atom. The molecular weight excluding hydrogens is 713 g/mol. The van der Waals surface area contributed by atoms with Crippen LogP contribution in [0.25, 0.3) is 11.6 Å². The van der Waals surface area contributed by atoms with Gasteiger partial charge in [0.2, 0.25) is 11.8 Å². The molecule has 3 heterocycles. The van der Waals surface area contributed by atoms with Crippen molar-refractivity contribution in [2.75, 3.05) is 18.1 Å². The van der Waals surface area contributed by atoms with Crippen molar-refractivity contribution in [2.45, 2.75) is 51.2 Å². The van der Waals surface area contributed by atoms with E-state index < -0.39 is 20.2 Å². The van der Waals surface area contributed by atoms with Crippen LogP contribution in [-0.4, -0.2) is 49.5 Å². The van der Waals surface area contributed by atoms with Gasteiger partial charge in [-0.25, -0.2) is 0 Å². The third-order valence-corrected chi connectivity index (χ3v) is 16.8. The Bertz CT molecular complexity index is 2200. The molecular formula is C48H48N2O5Si. The van der Waals surface area contributed by atoms with Gasteiger partial charge in [-0.05, 0) is 99.4 Å². The van der Waals surface area contributed by atoms with Crippen molar-refractivity contribution in [1.82, 2.24) is 4.98 Å². The van der Waals surface area contributed by atoms with Crippen LogP contribution < -0.4 is 15.3 Å². The number of aromatic hydroxyl groups is 1. The zero-order valence-electron chi connectivity index (χ0n) is 32.2. The van der Waals surface area contributed by atoms with Crippen molar-refractivity contribution in [1.29, 1.82) is 0 Å². The predicted molar refractivity (Wildman–Crippen MR) is 224 cm³/mol. The van der Waals surface area contributed by atoms with E-state index in [9.17, 15) is 14.7 Å². The summed E-state index contributed by atoms with van der Waals surface area (Å²) in [4.78, 5) is 34.8. The molecule has 0 unspecified atom stereocenters. The quantitative estimate of drug-likeness (QED) is 0.0830. The minimum absolute atomic E-state index is 0.147. The highest BCUT2D eigenvalue weighted by atomic mass is 28.4. The van der Waals surface area contributed by atoms with Gasteiger partial charge in [0.05, 0.1) is 42.5 Å². The molecule has 4 atom stereocenters. The van der Waals surface area contributed by atoms with Gasteiger partial charge in [0.1, 0.15) is 5.75 Å². The summed E-state index contributed by atoms with van der Waals surface area (Å²) in [6, 6.07) is 43.6. The van der Waals surface area contributed by atoms with Gasteiger partial charge in [0.25, 0.3) is 8.32 Å². The van der Waals surface area contributed by atoms with Gasteiger partial charge in [0, 0.05) is 12.1 Å². The maximum absolute atomic E-state index is 14.4. The second-order valence-electron chi connectivity index (χ2n) is 16.1. The number of nitrogens with zero attached hydrogens (tertiary/aromatic N) is 2. The van der Waals surface area contributed by atoms with Gasteiger partial charge in [-0.15, -0.1) is 0 Å². The smallest absolute Gasteiger partial charge is 0.261 e. The number of imide groups is 1. The van der Waals surface area contributed by atoms with Crippen molar-refractivity contribution in [3.05, 3.63) is 162 Å². The minimum atomic E-state index is -2.93. The van der Waals surface area contributed by atoms with Crippen LogP contribution in [0.4, 0.5) is 5.69 Å². The number of rotatable bonds is 11. The number of fused-ring (bicyclic) bond motifs is 3. The molecule has 0 spiro atoms. The van der Waals surface area contributed by atoms with Crippen LogP contribution in [0.1, 0.15) is 51.3 Å². The van der Waals surface area contributed by atoms with Crippen molar-refractivity contribution in [2.24, 2.45) is 17.8 Å². The zero-order chi connectivity index (χ0) is 38.9. The summed E-state index contributed by atoms with van der Waals surface area (Å²) in [6.07, 6.45) is 5.42. The zero-order valence-corrected chi connectivity index (χ0v) is 33.2. The van der Waals surface area contributed by atoms with E-state index in [2.05, 4.69) is 75.4 Å². The molecule has 7 nitrogen and oxygen atoms in total. The number of aromatic nitrogens is 1. The Kier molecular flexibility index (Phi) is 10.5. The SMILES string of the molecule is CC(C)(C)[Si](OCC1=C2[C@@H](CC/C(=C/c3ccc(O)cc3)c3ccccn3)OC[C@@H]2[C@@H]2C(=O)N(c3ccccc3)C(=O)[C@@H]2C1)(c1ccccc1)c1ccccc1. The van der Waals surface area contributed by atoms with Gasteiger partial charge in [0.15, 0.2) is 0 Å². The molecule has 5 aromatic rings. The number of hydrogen-bond donors (Lipinski definition) is 1. The molecule has 1 aromatic heterocycles. The summed E-state index contributed by atoms with van der Waals surface area (Å²) >= 11 is 0. The Morgan fingerprint density at radius 2 is 1.45 bits per heavy atom. The molecule has 0 radical (unpaired) electrons. The number of phenolic OH excluding ortho intramolecular Hbond substituents is 1. The fourth-order valence-electron chi connectivity index (χ4n) is 9.28. The summed E-state index contributed by atoms with van der Waals surface area (Å²) in [5.41, 5.74) is 5.68. The number of pyridine rings is 1. The van der Waals surface area contributed by atoms with Gasteiger partial charge in [-0.2, -0.15) is 0 Å². The Balaban J connectivity index is 1.19. The number of para-hydroxylation sites is 1. The maximum Gasteiger partial charge on any atom is 0.261 e. The Hall–Kier alpha value is -5.41. The lowest BCUT2D eigenvalue weighted by Crippen LogP contribution is -2.66. The number of anilines is 1. The molecule has 0 bridgehead atoms. The van der Waals surface area contributed by atoms with Gasteiger partial charge in [-0.1, -0.05) is 118 Å². The molecule has 56 heavy (non-hydrogen) atoms. The average Bonchev–Trinajstić information content (AvgIpc) is 3.75. The van der Waals surface area contributed by atoms with Crippen LogP contribution in [-0.2, 0) is 18.8 Å². The summed E-state index contributed by atoms with van der Waals surface area (Å²) < 4.78 is 14.3. The first-order valence-corrected chi connectivity index (χ1v) is 21.5. The standard InChI is InChI=1S/C48H48N2O5Si/c1-48(2,3)56(38-17-9-5-10-18-38,39-19-11-6-12-20-39)55-31-35-30-40-45(47(53)50(46(40)52)36-15-7-4-8-16-36)41-32-54-43(44(35)41)27-24-34(42-21-13-14-28-49-42)29-33-22-25-37(51)26-23-33/h4-23,25-26,28-29,40-41,43,45,51H,24,27,30-32H2,1-3H3/b34-29-/t40-,41+,43-,45-/m1/s1. The largest absolute Gasteiger partial charge is 0.508 e. The molecule has 2 amide bonds. The third-order valence-electron chi connectivity index (χ3n) is 11.8. The summed E-state index contributed by atoms with van der Waals surface area (Å²) in [5.74, 6) is -1.30. The van der Waals surface area contributed by atoms with Crippen LogP contribution in [0.5, 0.6) is 5.75 Å². The molecule has 1 N–H and O–H groups in total. The van der Waals surface area contributed by atoms with Gasteiger partial charge >= 0.3 is 0 Å². The fraction of sp³-hybridized carbons (Fsp3) is 0.271. The molecule has 0 saturated carbocycles. The van der Waals surface area contributed by atoms with E-state index in [1.165, 1.54) is 15.3 Å². The van der Waals surface area contributed by atoms with E-state index in [0.717, 1.165) is 28.0 Å². The van der Waals surface area contributed by atoms with Crippen LogP contribution in [0, 0.1) is 17.8 Å². The molecule has 2 saturated heterocycles. The molecule has 3 aliphatic rings. The Morgan fingerprint density at radius 1 is 0.821 bits per heavy atom. The Labute approximate surface area is 330 Å². The second kappa shape index (κ2) is 15.6. The number of allylic oxidation sites excluding steroid dienone is 1. The predicted octanol–water partition coefficient (Wildman–Crippen LogP) is 8.21. The normalized spacial score (nSPS) is 21.3. The van der Waals surface area contributed by atoms with Crippen LogP contribution in [0.3, 0.4) is 0 Å². The van der Waals surface area contributed by atoms with E-state index >= 15 is 0 Å². The van der Waals surface area contributed by atoms with E-state index in [0.29, 0.717) is 38.2 Å². The molecule has 2 fully saturated rings. The molecule has 284 valence electrons. The number of carbonyl (C=O) groups is 2. The first-order valence-electron chi connectivity index (χ1n) is 19.6. The number of amides is 2. The third kappa shape index (κ3) is 6.98. The summed E-state index contributed by atoms with van der Waals surface area (Å²) in [6.45, 7) is 7.52. The van der Waals surface area contributed by atoms with Crippen LogP contribution in [0.15, 0.2) is 151 Å². The summed E-state index contributed by atoms with van der Waals surface area (Å²) in [7, 11) is -2.93. The molecule has 2 aliphatic heterocycles. The number of hydrogen-bond acceptors (Lipinski definition) is 6. The number of ether oxygens (including phenoxy) is 1. The minimum Gasteiger partial charge on any atom is -0.508 e. The van der Waals surface area contributed by atoms with Gasteiger partial charge in [-0.3, -0.25) is 19.5 Å². The number of benzene rings is 4. The highest BCUT2D eigenvalue weighted by Gasteiger charge is 2.58. The van der Waals surface area contributed by atoms with E-state index in [1.807, 2.05) is 72.8 Å². The lowest BCUT2D eigenvalue weighted by molar-refractivity contribution is -0.122. The number of carbonyl (C=O) groups excluding carboxylic acids is 2.